The number of anilines is 1. The zero-order valence-corrected chi connectivity index (χ0v) is 16.7. The molecule has 2 heterocycles. The lowest BCUT2D eigenvalue weighted by atomic mass is 10.1. The van der Waals surface area contributed by atoms with Crippen LogP contribution in [0, 0.1) is 11.7 Å². The van der Waals surface area contributed by atoms with Crippen molar-refractivity contribution < 1.29 is 28.2 Å². The normalized spacial score (nSPS) is 17.1. The van der Waals surface area contributed by atoms with Gasteiger partial charge in [0.25, 0.3) is 0 Å². The number of amides is 2. The molecule has 0 unspecified atom stereocenters. The first-order valence-corrected chi connectivity index (χ1v) is 10.4. The Balaban J connectivity index is 1.44. The Morgan fingerprint density at radius 3 is 2.77 bits per heavy atom. The molecule has 1 N–H and O–H groups in total. The summed E-state index contributed by atoms with van der Waals surface area (Å²) < 4.78 is 24.3. The van der Waals surface area contributed by atoms with Crippen molar-refractivity contribution in [2.75, 3.05) is 24.0 Å². The summed E-state index contributed by atoms with van der Waals surface area (Å²) in [5.74, 6) is -0.170. The monoisotopic (exact) mass is 430 g/mol. The van der Waals surface area contributed by atoms with Crippen LogP contribution in [0.1, 0.15) is 12.0 Å². The van der Waals surface area contributed by atoms with Crippen LogP contribution in [0.4, 0.5) is 10.1 Å². The van der Waals surface area contributed by atoms with Crippen molar-refractivity contribution in [3.63, 3.8) is 0 Å². The van der Waals surface area contributed by atoms with Gasteiger partial charge in [0.1, 0.15) is 12.4 Å². The summed E-state index contributed by atoms with van der Waals surface area (Å²) in [6.45, 7) is 0.123. The summed E-state index contributed by atoms with van der Waals surface area (Å²) in [4.78, 5) is 38.3. The van der Waals surface area contributed by atoms with Gasteiger partial charge < -0.3 is 19.7 Å². The average molecular weight is 430 g/mol. The molecule has 2 aromatic rings. The number of thioether (sulfide) groups is 1. The van der Waals surface area contributed by atoms with Crippen LogP contribution in [0.15, 0.2) is 42.5 Å². The zero-order chi connectivity index (χ0) is 21.1. The largest absolute Gasteiger partial charge is 0.454 e. The van der Waals surface area contributed by atoms with Crippen LogP contribution in [0.3, 0.4) is 0 Å². The van der Waals surface area contributed by atoms with Gasteiger partial charge in [-0.1, -0.05) is 23.9 Å². The minimum atomic E-state index is -0.521. The molecule has 9 heteroatoms. The number of halogens is 1. The molecule has 0 saturated carbocycles. The minimum absolute atomic E-state index is 0.0557. The third kappa shape index (κ3) is 4.56. The van der Waals surface area contributed by atoms with Crippen LogP contribution >= 0.6 is 11.8 Å². The van der Waals surface area contributed by atoms with Crippen molar-refractivity contribution in [1.29, 1.82) is 0 Å². The van der Waals surface area contributed by atoms with E-state index in [0.717, 1.165) is 17.3 Å². The van der Waals surface area contributed by atoms with Crippen molar-refractivity contribution in [3.8, 4) is 11.5 Å². The summed E-state index contributed by atoms with van der Waals surface area (Å²) in [5.41, 5.74) is 1.09. The molecule has 2 amide bonds. The molecule has 4 rings (SSSR count). The van der Waals surface area contributed by atoms with Gasteiger partial charge in [0.05, 0.1) is 5.92 Å². The standard InChI is InChI=1S/C21H19FN2O5S/c22-15-2-1-3-16(8-15)24(21(27)14-7-20(26)30-11-14)10-19(25)23-9-13-4-5-17-18(6-13)29-12-28-17/h1-6,8,14H,7,9-12H2,(H,23,25)/t14-/m1/s1. The zero-order valence-electron chi connectivity index (χ0n) is 15.9. The second-order valence-corrected chi connectivity index (χ2v) is 8.03. The van der Waals surface area contributed by atoms with Crippen LogP contribution < -0.4 is 19.7 Å². The molecule has 0 aromatic heterocycles. The van der Waals surface area contributed by atoms with Gasteiger partial charge in [-0.15, -0.1) is 0 Å². The van der Waals surface area contributed by atoms with Crippen LogP contribution in [0.5, 0.6) is 11.5 Å². The van der Waals surface area contributed by atoms with E-state index in [-0.39, 0.29) is 43.0 Å². The maximum Gasteiger partial charge on any atom is 0.240 e. The lowest BCUT2D eigenvalue weighted by Gasteiger charge is -2.25. The molecule has 1 atom stereocenters. The predicted molar refractivity (Wildman–Crippen MR) is 109 cm³/mol. The number of carbonyl (C=O) groups is 3. The highest BCUT2D eigenvalue weighted by Crippen LogP contribution is 2.32. The molecule has 7 nitrogen and oxygen atoms in total. The highest BCUT2D eigenvalue weighted by molar-refractivity contribution is 8.14. The Morgan fingerprint density at radius 2 is 2.00 bits per heavy atom. The fraction of sp³-hybridized carbons (Fsp3) is 0.286. The first-order chi connectivity index (χ1) is 14.5. The summed E-state index contributed by atoms with van der Waals surface area (Å²) >= 11 is 1.10. The number of rotatable bonds is 6. The number of nitrogens with zero attached hydrogens (tertiary/aromatic N) is 1. The van der Waals surface area contributed by atoms with E-state index in [0.29, 0.717) is 17.3 Å². The van der Waals surface area contributed by atoms with Crippen LogP contribution in [-0.4, -0.2) is 36.0 Å². The number of hydrogen-bond donors (Lipinski definition) is 1. The van der Waals surface area contributed by atoms with Crippen LogP contribution in [0.25, 0.3) is 0 Å². The van der Waals surface area contributed by atoms with Crippen molar-refractivity contribution in [2.45, 2.75) is 13.0 Å². The molecule has 2 aliphatic rings. The Kier molecular flexibility index (Phi) is 5.89. The molecule has 0 spiro atoms. The number of hydrogen-bond acceptors (Lipinski definition) is 6. The minimum Gasteiger partial charge on any atom is -0.454 e. The molecule has 0 bridgehead atoms. The molecular formula is C21H19FN2O5S. The summed E-state index contributed by atoms with van der Waals surface area (Å²) in [6.07, 6.45) is 0.119. The smallest absolute Gasteiger partial charge is 0.240 e. The van der Waals surface area contributed by atoms with Gasteiger partial charge in [-0.2, -0.15) is 0 Å². The van der Waals surface area contributed by atoms with E-state index < -0.39 is 17.6 Å². The van der Waals surface area contributed by atoms with Crippen molar-refractivity contribution in [2.24, 2.45) is 5.92 Å². The number of carbonyl (C=O) groups excluding carboxylic acids is 3. The molecular weight excluding hydrogens is 411 g/mol. The van der Waals surface area contributed by atoms with E-state index in [2.05, 4.69) is 5.32 Å². The first-order valence-electron chi connectivity index (χ1n) is 9.37. The number of benzene rings is 2. The van der Waals surface area contributed by atoms with Crippen LogP contribution in [0.2, 0.25) is 0 Å². The Hall–Kier alpha value is -3.07. The van der Waals surface area contributed by atoms with Gasteiger partial charge in [-0.05, 0) is 35.9 Å². The van der Waals surface area contributed by atoms with E-state index in [1.807, 2.05) is 6.07 Å². The summed E-state index contributed by atoms with van der Waals surface area (Å²) in [7, 11) is 0. The highest BCUT2D eigenvalue weighted by atomic mass is 32.2. The van der Waals surface area contributed by atoms with Gasteiger partial charge in [-0.25, -0.2) is 4.39 Å². The fourth-order valence-corrected chi connectivity index (χ4v) is 4.25. The van der Waals surface area contributed by atoms with E-state index >= 15 is 0 Å². The first kappa shape index (κ1) is 20.2. The van der Waals surface area contributed by atoms with Gasteiger partial charge >= 0.3 is 0 Å². The highest BCUT2D eigenvalue weighted by Gasteiger charge is 2.33. The lowest BCUT2D eigenvalue weighted by Crippen LogP contribution is -2.43. The number of ether oxygens (including phenoxy) is 2. The van der Waals surface area contributed by atoms with E-state index in [1.54, 1.807) is 18.2 Å². The van der Waals surface area contributed by atoms with Crippen molar-refractivity contribution in [3.05, 3.63) is 53.8 Å². The third-order valence-electron chi connectivity index (χ3n) is 4.82. The quantitative estimate of drug-likeness (QED) is 0.758. The van der Waals surface area contributed by atoms with E-state index in [9.17, 15) is 18.8 Å². The molecule has 2 aliphatic heterocycles. The Bertz CT molecular complexity index is 999. The SMILES string of the molecule is O=C(CN(C(=O)[C@H]1CSC(=O)C1)c1cccc(F)c1)NCc1ccc2c(c1)OCO2. The maximum absolute atomic E-state index is 13.7. The second-order valence-electron chi connectivity index (χ2n) is 6.95. The maximum atomic E-state index is 13.7. The molecule has 30 heavy (non-hydrogen) atoms. The van der Waals surface area contributed by atoms with Gasteiger partial charge in [0, 0.05) is 24.4 Å². The van der Waals surface area contributed by atoms with E-state index in [1.165, 1.54) is 23.1 Å². The van der Waals surface area contributed by atoms with Gasteiger partial charge in [0.2, 0.25) is 18.6 Å². The van der Waals surface area contributed by atoms with Gasteiger partial charge in [0.15, 0.2) is 16.6 Å². The summed E-state index contributed by atoms with van der Waals surface area (Å²) in [6, 6.07) is 10.9. The Morgan fingerprint density at radius 1 is 1.17 bits per heavy atom. The molecule has 0 radical (unpaired) electrons. The molecule has 0 aliphatic carbocycles. The fourth-order valence-electron chi connectivity index (χ4n) is 3.28. The topological polar surface area (TPSA) is 84.9 Å². The molecule has 156 valence electrons. The lowest BCUT2D eigenvalue weighted by molar-refractivity contribution is -0.126. The summed E-state index contributed by atoms with van der Waals surface area (Å²) in [5, 5.41) is 2.71. The molecule has 2 aromatic carbocycles. The number of nitrogens with one attached hydrogen (secondary N) is 1. The predicted octanol–water partition coefficient (Wildman–Crippen LogP) is 2.48. The second kappa shape index (κ2) is 8.74. The third-order valence-corrected chi connectivity index (χ3v) is 5.88. The van der Waals surface area contributed by atoms with Crippen molar-refractivity contribution in [1.82, 2.24) is 5.32 Å². The molecule has 1 saturated heterocycles. The van der Waals surface area contributed by atoms with Gasteiger partial charge in [-0.3, -0.25) is 14.4 Å². The molecule has 1 fully saturated rings. The Labute approximate surface area is 176 Å². The van der Waals surface area contributed by atoms with E-state index in [4.69, 9.17) is 9.47 Å². The average Bonchev–Trinajstić information content (AvgIpc) is 3.38. The number of fused-ring (bicyclic) bond motifs is 1. The van der Waals surface area contributed by atoms with Crippen molar-refractivity contribution >= 4 is 34.4 Å². The van der Waals surface area contributed by atoms with Crippen LogP contribution in [-0.2, 0) is 20.9 Å².